The van der Waals surface area contributed by atoms with Gasteiger partial charge >= 0.3 is 0 Å². The first-order valence-corrected chi connectivity index (χ1v) is 6.87. The molecule has 0 aliphatic carbocycles. The van der Waals surface area contributed by atoms with Crippen molar-refractivity contribution in [3.05, 3.63) is 70.1 Å². The quantitative estimate of drug-likeness (QED) is 0.801. The van der Waals surface area contributed by atoms with Crippen molar-refractivity contribution in [1.82, 2.24) is 9.38 Å². The van der Waals surface area contributed by atoms with Crippen molar-refractivity contribution in [2.45, 2.75) is 20.0 Å². The molecule has 2 aromatic heterocycles. The molecule has 20 heavy (non-hydrogen) atoms. The lowest BCUT2D eigenvalue weighted by molar-refractivity contribution is 0.274. The van der Waals surface area contributed by atoms with Crippen molar-refractivity contribution in [3.63, 3.8) is 0 Å². The van der Waals surface area contributed by atoms with Crippen molar-refractivity contribution in [2.24, 2.45) is 0 Å². The molecule has 0 amide bonds. The van der Waals surface area contributed by atoms with Crippen molar-refractivity contribution < 1.29 is 5.11 Å². The normalized spacial score (nSPS) is 11.2. The lowest BCUT2D eigenvalue weighted by Gasteiger charge is -2.03. The first-order chi connectivity index (χ1) is 9.67. The second-order valence-electron chi connectivity index (χ2n) is 4.90. The number of imidazole rings is 1. The Morgan fingerprint density at radius 1 is 1.15 bits per heavy atom. The van der Waals surface area contributed by atoms with E-state index in [1.165, 1.54) is 11.1 Å². The Morgan fingerprint density at radius 3 is 2.60 bits per heavy atom. The molecule has 0 spiro atoms. The van der Waals surface area contributed by atoms with Crippen LogP contribution in [0.2, 0.25) is 5.02 Å². The Morgan fingerprint density at radius 2 is 1.90 bits per heavy atom. The number of benzene rings is 1. The number of fused-ring (bicyclic) bond motifs is 1. The number of aliphatic hydroxyl groups is 1. The molecule has 0 saturated carbocycles. The molecule has 2 heterocycles. The number of aryl methyl sites for hydroxylation is 1. The molecule has 0 atom stereocenters. The summed E-state index contributed by atoms with van der Waals surface area (Å²) in [6.07, 6.45) is 2.49. The maximum Gasteiger partial charge on any atom is 0.137 e. The van der Waals surface area contributed by atoms with Crippen LogP contribution in [0.3, 0.4) is 0 Å². The topological polar surface area (TPSA) is 37.5 Å². The molecule has 0 unspecified atom stereocenters. The Labute approximate surface area is 122 Å². The average molecular weight is 287 g/mol. The van der Waals surface area contributed by atoms with E-state index in [0.717, 1.165) is 17.0 Å². The SMILES string of the molecule is Cc1ccc(Cc2nc3ccc(Cl)cn3c2CO)cc1. The van der Waals surface area contributed by atoms with Gasteiger partial charge in [0.1, 0.15) is 5.65 Å². The summed E-state index contributed by atoms with van der Waals surface area (Å²) in [4.78, 5) is 4.59. The second kappa shape index (κ2) is 5.27. The van der Waals surface area contributed by atoms with Crippen LogP contribution in [0.25, 0.3) is 5.65 Å². The summed E-state index contributed by atoms with van der Waals surface area (Å²) in [7, 11) is 0. The average Bonchev–Trinajstić information content (AvgIpc) is 2.78. The zero-order chi connectivity index (χ0) is 14.1. The van der Waals surface area contributed by atoms with E-state index >= 15 is 0 Å². The standard InChI is InChI=1S/C16H15ClN2O/c1-11-2-4-12(5-3-11)8-14-15(10-20)19-9-13(17)6-7-16(19)18-14/h2-7,9,20H,8,10H2,1H3. The van der Waals surface area contributed by atoms with Gasteiger partial charge in [-0.1, -0.05) is 41.4 Å². The van der Waals surface area contributed by atoms with Gasteiger partial charge in [-0.2, -0.15) is 0 Å². The van der Waals surface area contributed by atoms with Crippen molar-refractivity contribution in [1.29, 1.82) is 0 Å². The minimum absolute atomic E-state index is 0.0529. The van der Waals surface area contributed by atoms with Gasteiger partial charge in [-0.3, -0.25) is 4.40 Å². The summed E-state index contributed by atoms with van der Waals surface area (Å²) in [5, 5.41) is 10.2. The molecule has 4 heteroatoms. The van der Waals surface area contributed by atoms with E-state index in [0.29, 0.717) is 11.4 Å². The molecule has 1 N–H and O–H groups in total. The zero-order valence-corrected chi connectivity index (χ0v) is 11.9. The molecule has 102 valence electrons. The van der Waals surface area contributed by atoms with Gasteiger partial charge in [0.2, 0.25) is 0 Å². The van der Waals surface area contributed by atoms with Crippen LogP contribution in [0, 0.1) is 6.92 Å². The number of aliphatic hydroxyl groups excluding tert-OH is 1. The zero-order valence-electron chi connectivity index (χ0n) is 11.2. The number of rotatable bonds is 3. The smallest absolute Gasteiger partial charge is 0.137 e. The Hall–Kier alpha value is -1.84. The first kappa shape index (κ1) is 13.2. The van der Waals surface area contributed by atoms with Gasteiger partial charge in [-0.25, -0.2) is 4.98 Å². The maximum absolute atomic E-state index is 9.61. The molecule has 1 aromatic carbocycles. The van der Waals surface area contributed by atoms with Gasteiger partial charge in [0.05, 0.1) is 23.0 Å². The lowest BCUT2D eigenvalue weighted by atomic mass is 10.1. The van der Waals surface area contributed by atoms with E-state index < -0.39 is 0 Å². The Bertz CT molecular complexity index is 747. The number of pyridine rings is 1. The summed E-state index contributed by atoms with van der Waals surface area (Å²) < 4.78 is 1.85. The largest absolute Gasteiger partial charge is 0.390 e. The fourth-order valence-electron chi connectivity index (χ4n) is 2.32. The number of hydrogen-bond donors (Lipinski definition) is 1. The highest BCUT2D eigenvalue weighted by molar-refractivity contribution is 6.30. The molecular formula is C16H15ClN2O. The molecule has 0 aliphatic heterocycles. The number of aromatic nitrogens is 2. The molecule has 3 nitrogen and oxygen atoms in total. The van der Waals surface area contributed by atoms with Gasteiger partial charge in [0, 0.05) is 12.6 Å². The lowest BCUT2D eigenvalue weighted by Crippen LogP contribution is -1.97. The minimum Gasteiger partial charge on any atom is -0.390 e. The minimum atomic E-state index is -0.0529. The number of nitrogens with zero attached hydrogens (tertiary/aromatic N) is 2. The van der Waals surface area contributed by atoms with Crippen LogP contribution in [0.4, 0.5) is 0 Å². The highest BCUT2D eigenvalue weighted by atomic mass is 35.5. The third-order valence-electron chi connectivity index (χ3n) is 3.41. The fraction of sp³-hybridized carbons (Fsp3) is 0.188. The van der Waals surface area contributed by atoms with E-state index in [9.17, 15) is 5.11 Å². The molecule has 0 aliphatic rings. The molecule has 0 bridgehead atoms. The molecule has 3 rings (SSSR count). The van der Waals surface area contributed by atoms with Gasteiger partial charge in [-0.05, 0) is 24.6 Å². The van der Waals surface area contributed by atoms with Crippen LogP contribution in [0.15, 0.2) is 42.6 Å². The second-order valence-corrected chi connectivity index (χ2v) is 5.34. The van der Waals surface area contributed by atoms with Crippen LogP contribution in [-0.2, 0) is 13.0 Å². The molecule has 0 fully saturated rings. The van der Waals surface area contributed by atoms with E-state index in [2.05, 4.69) is 36.2 Å². The van der Waals surface area contributed by atoms with Crippen molar-refractivity contribution >= 4 is 17.2 Å². The third-order valence-corrected chi connectivity index (χ3v) is 3.63. The Balaban J connectivity index is 2.04. The highest BCUT2D eigenvalue weighted by Crippen LogP contribution is 2.19. The first-order valence-electron chi connectivity index (χ1n) is 6.49. The van der Waals surface area contributed by atoms with E-state index in [1.54, 1.807) is 12.3 Å². The van der Waals surface area contributed by atoms with Gasteiger partial charge in [-0.15, -0.1) is 0 Å². The summed E-state index contributed by atoms with van der Waals surface area (Å²) in [6.45, 7) is 2.01. The predicted octanol–water partition coefficient (Wildman–Crippen LogP) is 3.38. The maximum atomic E-state index is 9.61. The van der Waals surface area contributed by atoms with E-state index in [4.69, 9.17) is 11.6 Å². The summed E-state index contributed by atoms with van der Waals surface area (Å²) in [5.74, 6) is 0. The van der Waals surface area contributed by atoms with Gasteiger partial charge in [0.25, 0.3) is 0 Å². The van der Waals surface area contributed by atoms with Gasteiger partial charge < -0.3 is 5.11 Å². The van der Waals surface area contributed by atoms with Crippen molar-refractivity contribution in [3.8, 4) is 0 Å². The molecular weight excluding hydrogens is 272 g/mol. The number of hydrogen-bond acceptors (Lipinski definition) is 2. The van der Waals surface area contributed by atoms with Crippen molar-refractivity contribution in [2.75, 3.05) is 0 Å². The van der Waals surface area contributed by atoms with E-state index in [-0.39, 0.29) is 6.61 Å². The van der Waals surface area contributed by atoms with Crippen LogP contribution in [-0.4, -0.2) is 14.5 Å². The Kier molecular flexibility index (Phi) is 3.47. The fourth-order valence-corrected chi connectivity index (χ4v) is 2.48. The summed E-state index contributed by atoms with van der Waals surface area (Å²) in [5.41, 5.74) is 4.90. The highest BCUT2D eigenvalue weighted by Gasteiger charge is 2.12. The monoisotopic (exact) mass is 286 g/mol. The predicted molar refractivity (Wildman–Crippen MR) is 80.1 cm³/mol. The van der Waals surface area contributed by atoms with Crippen LogP contribution in [0.1, 0.15) is 22.5 Å². The summed E-state index contributed by atoms with van der Waals surface area (Å²) in [6, 6.07) is 12.0. The van der Waals surface area contributed by atoms with Gasteiger partial charge in [0.15, 0.2) is 0 Å². The van der Waals surface area contributed by atoms with Crippen LogP contribution in [0.5, 0.6) is 0 Å². The van der Waals surface area contributed by atoms with E-state index in [1.807, 2.05) is 10.5 Å². The third kappa shape index (κ3) is 2.42. The van der Waals surface area contributed by atoms with Crippen LogP contribution >= 0.6 is 11.6 Å². The van der Waals surface area contributed by atoms with Crippen LogP contribution < -0.4 is 0 Å². The molecule has 3 aromatic rings. The number of halogens is 1. The molecule has 0 saturated heterocycles. The molecule has 0 radical (unpaired) electrons. The summed E-state index contributed by atoms with van der Waals surface area (Å²) >= 11 is 6.00.